The van der Waals surface area contributed by atoms with Crippen molar-refractivity contribution in [2.24, 2.45) is 0 Å². The molecular formula is C36H48Br2Si2. The highest BCUT2D eigenvalue weighted by Gasteiger charge is 2.42. The van der Waals surface area contributed by atoms with Crippen molar-refractivity contribution < 1.29 is 0 Å². The van der Waals surface area contributed by atoms with Gasteiger partial charge in [0.2, 0.25) is 0 Å². The van der Waals surface area contributed by atoms with Crippen molar-refractivity contribution in [3.8, 4) is 22.9 Å². The smallest absolute Gasteiger partial charge is 0.125 e. The average Bonchev–Trinajstić information content (AvgIpc) is 2.85. The van der Waals surface area contributed by atoms with E-state index in [2.05, 4.69) is 174 Å². The van der Waals surface area contributed by atoms with Crippen LogP contribution >= 0.6 is 31.9 Å². The standard InChI is InChI=1S/C36H48Br2Si2/c1-23(2)39(24(3)4,25(5)6)19-17-31-29-15-13-14-16-30(29)32(34-22-36(38)35(37)21-33(31)34)18-20-40(26(7)8,27(9)10)28(11)12/h13-16,21-28H,1-12H3. The van der Waals surface area contributed by atoms with Gasteiger partial charge in [0.15, 0.2) is 0 Å². The van der Waals surface area contributed by atoms with Crippen LogP contribution in [-0.4, -0.2) is 16.1 Å². The van der Waals surface area contributed by atoms with E-state index in [1.54, 1.807) is 0 Å². The highest BCUT2D eigenvalue weighted by Crippen LogP contribution is 2.43. The second kappa shape index (κ2) is 12.9. The summed E-state index contributed by atoms with van der Waals surface area (Å²) in [5.74, 6) is 7.71. The van der Waals surface area contributed by atoms with Gasteiger partial charge in [-0.2, -0.15) is 0 Å². The number of rotatable bonds is 6. The lowest BCUT2D eigenvalue weighted by Crippen LogP contribution is -2.43. The van der Waals surface area contributed by atoms with Gasteiger partial charge in [-0.3, -0.25) is 0 Å². The molecule has 0 N–H and O–H groups in total. The third-order valence-corrected chi connectivity index (χ3v) is 24.0. The van der Waals surface area contributed by atoms with E-state index in [1.807, 2.05) is 0 Å². The average molecular weight is 697 g/mol. The van der Waals surface area contributed by atoms with Gasteiger partial charge in [0.25, 0.3) is 0 Å². The molecule has 0 aliphatic rings. The Bertz CT molecular complexity index is 1350. The van der Waals surface area contributed by atoms with E-state index in [0.717, 1.165) is 20.1 Å². The van der Waals surface area contributed by atoms with E-state index in [9.17, 15) is 0 Å². The van der Waals surface area contributed by atoms with E-state index in [1.165, 1.54) is 21.5 Å². The summed E-state index contributed by atoms with van der Waals surface area (Å²) in [5, 5.41) is 4.81. The summed E-state index contributed by atoms with van der Waals surface area (Å²) in [5.41, 5.74) is 13.8. The first kappa shape index (κ1) is 33.2. The quantitative estimate of drug-likeness (QED) is 0.137. The van der Waals surface area contributed by atoms with Crippen LogP contribution in [-0.2, 0) is 0 Å². The molecule has 0 aliphatic carbocycles. The van der Waals surface area contributed by atoms with Gasteiger partial charge in [0, 0.05) is 30.8 Å². The molecule has 0 nitrogen and oxygen atoms in total. The SMILES string of the molecule is CC(C)[Si](C#Cc1c2ccccc2c(C#C[Si](C(C)C)(C(C)C)C(C)C)c2cc(Br)c(Br)cc12)(C(C)C)C(C)C. The fourth-order valence-corrected chi connectivity index (χ4v) is 18.7. The maximum atomic E-state index is 4.02. The Morgan fingerprint density at radius 3 is 1.00 bits per heavy atom. The molecule has 4 heteroatoms. The molecule has 0 fully saturated rings. The number of halogens is 2. The van der Waals surface area contributed by atoms with Crippen LogP contribution in [0, 0.1) is 22.9 Å². The third kappa shape index (κ3) is 5.81. The predicted molar refractivity (Wildman–Crippen MR) is 193 cm³/mol. The highest BCUT2D eigenvalue weighted by molar-refractivity contribution is 9.13. The van der Waals surface area contributed by atoms with Crippen LogP contribution in [0.2, 0.25) is 33.2 Å². The van der Waals surface area contributed by atoms with Crippen molar-refractivity contribution in [1.82, 2.24) is 0 Å². The van der Waals surface area contributed by atoms with E-state index in [-0.39, 0.29) is 0 Å². The first-order valence-corrected chi connectivity index (χ1v) is 21.1. The summed E-state index contributed by atoms with van der Waals surface area (Å²) in [7, 11) is -3.81. The Hall–Kier alpha value is -1.31. The molecule has 3 rings (SSSR count). The second-order valence-electron chi connectivity index (χ2n) is 13.4. The number of hydrogen-bond acceptors (Lipinski definition) is 0. The minimum Gasteiger partial charge on any atom is -0.125 e. The molecule has 40 heavy (non-hydrogen) atoms. The fourth-order valence-electron chi connectivity index (χ4n) is 7.65. The molecule has 0 bridgehead atoms. The lowest BCUT2D eigenvalue weighted by molar-refractivity contribution is 0.838. The first-order chi connectivity index (χ1) is 18.6. The van der Waals surface area contributed by atoms with Crippen molar-refractivity contribution in [3.63, 3.8) is 0 Å². The van der Waals surface area contributed by atoms with Crippen molar-refractivity contribution in [2.45, 2.75) is 116 Å². The Kier molecular flexibility index (Phi) is 10.7. The van der Waals surface area contributed by atoms with Crippen LogP contribution in [0.1, 0.15) is 94.2 Å². The fraction of sp³-hybridized carbons (Fsp3) is 0.500. The van der Waals surface area contributed by atoms with Crippen LogP contribution in [0.4, 0.5) is 0 Å². The number of hydrogen-bond donors (Lipinski definition) is 0. The molecule has 0 spiro atoms. The van der Waals surface area contributed by atoms with E-state index in [4.69, 9.17) is 0 Å². The zero-order chi connectivity index (χ0) is 30.2. The summed E-state index contributed by atoms with van der Waals surface area (Å²) in [6, 6.07) is 13.3. The van der Waals surface area contributed by atoms with Crippen molar-refractivity contribution in [3.05, 3.63) is 56.5 Å². The molecule has 0 radical (unpaired) electrons. The lowest BCUT2D eigenvalue weighted by atomic mass is 9.92. The summed E-state index contributed by atoms with van der Waals surface area (Å²) in [4.78, 5) is 0. The summed E-state index contributed by atoms with van der Waals surface area (Å²) >= 11 is 7.62. The van der Waals surface area contributed by atoms with E-state index < -0.39 is 16.1 Å². The van der Waals surface area contributed by atoms with Crippen LogP contribution < -0.4 is 0 Å². The van der Waals surface area contributed by atoms with Crippen LogP contribution in [0.25, 0.3) is 21.5 Å². The van der Waals surface area contributed by atoms with Crippen molar-refractivity contribution in [1.29, 1.82) is 0 Å². The van der Waals surface area contributed by atoms with Gasteiger partial charge >= 0.3 is 0 Å². The molecule has 0 heterocycles. The van der Waals surface area contributed by atoms with E-state index in [0.29, 0.717) is 33.2 Å². The van der Waals surface area contributed by atoms with E-state index >= 15 is 0 Å². The molecular weight excluding hydrogens is 648 g/mol. The van der Waals surface area contributed by atoms with Gasteiger partial charge < -0.3 is 0 Å². The minimum absolute atomic E-state index is 0.588. The summed E-state index contributed by atoms with van der Waals surface area (Å²) in [6.07, 6.45) is 0. The molecule has 214 valence electrons. The molecule has 0 unspecified atom stereocenters. The Balaban J connectivity index is 2.54. The summed E-state index contributed by atoms with van der Waals surface area (Å²) in [6.45, 7) is 28.6. The topological polar surface area (TPSA) is 0 Å². The minimum atomic E-state index is -1.91. The van der Waals surface area contributed by atoms with Crippen molar-refractivity contribution >= 4 is 69.6 Å². The number of fused-ring (bicyclic) bond motifs is 2. The molecule has 0 atom stereocenters. The zero-order valence-electron chi connectivity index (χ0n) is 26.7. The second-order valence-corrected chi connectivity index (χ2v) is 26.3. The van der Waals surface area contributed by atoms with Gasteiger partial charge in [0.1, 0.15) is 16.1 Å². The third-order valence-electron chi connectivity index (χ3n) is 9.60. The first-order valence-electron chi connectivity index (χ1n) is 15.0. The van der Waals surface area contributed by atoms with Crippen LogP contribution in [0.3, 0.4) is 0 Å². The summed E-state index contributed by atoms with van der Waals surface area (Å²) < 4.78 is 2.10. The predicted octanol–water partition coefficient (Wildman–Crippen LogP) is 12.7. The molecule has 3 aromatic rings. The van der Waals surface area contributed by atoms with Gasteiger partial charge in [-0.25, -0.2) is 0 Å². The lowest BCUT2D eigenvalue weighted by Gasteiger charge is -2.38. The van der Waals surface area contributed by atoms with Crippen molar-refractivity contribution in [2.75, 3.05) is 0 Å². The maximum Gasteiger partial charge on any atom is 0.146 e. The zero-order valence-corrected chi connectivity index (χ0v) is 31.9. The molecule has 0 aromatic heterocycles. The largest absolute Gasteiger partial charge is 0.146 e. The molecule has 0 aliphatic heterocycles. The maximum absolute atomic E-state index is 4.02. The Morgan fingerprint density at radius 2 is 0.750 bits per heavy atom. The number of benzene rings is 3. The normalized spacial score (nSPS) is 12.7. The monoisotopic (exact) mass is 694 g/mol. The molecule has 0 saturated heterocycles. The molecule has 0 amide bonds. The van der Waals surface area contributed by atoms with Crippen LogP contribution in [0.5, 0.6) is 0 Å². The Morgan fingerprint density at radius 1 is 0.475 bits per heavy atom. The van der Waals surface area contributed by atoms with Gasteiger partial charge in [-0.05, 0) is 88.0 Å². The van der Waals surface area contributed by atoms with Gasteiger partial charge in [0.05, 0.1) is 0 Å². The van der Waals surface area contributed by atoms with Gasteiger partial charge in [-0.1, -0.05) is 119 Å². The Labute approximate surface area is 263 Å². The highest BCUT2D eigenvalue weighted by atomic mass is 79.9. The van der Waals surface area contributed by atoms with Crippen LogP contribution in [0.15, 0.2) is 45.3 Å². The molecule has 3 aromatic carbocycles. The molecule has 0 saturated carbocycles. The van der Waals surface area contributed by atoms with Gasteiger partial charge in [-0.15, -0.1) is 11.1 Å².